The molecule has 1 atom stereocenters. The van der Waals surface area contributed by atoms with Crippen LogP contribution in [-0.2, 0) is 21.2 Å². The molecule has 0 saturated heterocycles. The highest BCUT2D eigenvalue weighted by Crippen LogP contribution is 2.25. The molecule has 0 aromatic heterocycles. The Bertz CT molecular complexity index is 811. The molecule has 2 rings (SSSR count). The number of carbonyl (C=O) groups excluding carboxylic acids is 1. The monoisotopic (exact) mass is 372 g/mol. The van der Waals surface area contributed by atoms with Crippen LogP contribution in [-0.4, -0.2) is 20.4 Å². The minimum absolute atomic E-state index is 0.00447. The second-order valence-corrected chi connectivity index (χ2v) is 7.37. The molecule has 0 heterocycles. The average molecular weight is 373 g/mol. The number of hydrogen-bond donors (Lipinski definition) is 2. The van der Waals surface area contributed by atoms with Gasteiger partial charge < -0.3 is 5.73 Å². The molecule has 0 aliphatic carbocycles. The summed E-state index contributed by atoms with van der Waals surface area (Å²) >= 11 is 11.7. The number of sulfonamides is 1. The fourth-order valence-electron chi connectivity index (χ4n) is 1.98. The van der Waals surface area contributed by atoms with Crippen LogP contribution < -0.4 is 10.5 Å². The maximum absolute atomic E-state index is 12.4. The Morgan fingerprint density at radius 2 is 1.78 bits per heavy atom. The number of primary amides is 1. The minimum atomic E-state index is -4.05. The van der Waals surface area contributed by atoms with Gasteiger partial charge in [0.25, 0.3) is 0 Å². The van der Waals surface area contributed by atoms with Gasteiger partial charge >= 0.3 is 0 Å². The smallest absolute Gasteiger partial charge is 0.242 e. The maximum atomic E-state index is 12.4. The van der Waals surface area contributed by atoms with Crippen molar-refractivity contribution in [1.82, 2.24) is 4.72 Å². The van der Waals surface area contributed by atoms with Crippen LogP contribution in [0.4, 0.5) is 0 Å². The summed E-state index contributed by atoms with van der Waals surface area (Å²) in [6, 6.07) is 11.9. The van der Waals surface area contributed by atoms with E-state index in [1.165, 1.54) is 18.2 Å². The van der Waals surface area contributed by atoms with Crippen molar-refractivity contribution in [2.75, 3.05) is 0 Å². The van der Waals surface area contributed by atoms with Crippen molar-refractivity contribution in [3.05, 3.63) is 64.1 Å². The molecule has 3 N–H and O–H groups in total. The van der Waals surface area contributed by atoms with E-state index in [2.05, 4.69) is 4.72 Å². The van der Waals surface area contributed by atoms with Crippen molar-refractivity contribution in [2.45, 2.75) is 17.4 Å². The van der Waals surface area contributed by atoms with Crippen LogP contribution in [0.15, 0.2) is 53.4 Å². The summed E-state index contributed by atoms with van der Waals surface area (Å²) in [6.45, 7) is 0. The van der Waals surface area contributed by atoms with E-state index in [-0.39, 0.29) is 21.4 Å². The Morgan fingerprint density at radius 1 is 1.13 bits per heavy atom. The largest absolute Gasteiger partial charge is 0.368 e. The Labute approximate surface area is 144 Å². The lowest BCUT2D eigenvalue weighted by molar-refractivity contribution is -0.119. The number of amides is 1. The van der Waals surface area contributed by atoms with Gasteiger partial charge in [0.15, 0.2) is 0 Å². The second-order valence-electron chi connectivity index (χ2n) is 4.84. The number of carbonyl (C=O) groups is 1. The fourth-order valence-corrected chi connectivity index (χ4v) is 3.95. The van der Waals surface area contributed by atoms with Gasteiger partial charge in [-0.3, -0.25) is 4.79 Å². The number of halogens is 2. The Morgan fingerprint density at radius 3 is 2.39 bits per heavy atom. The van der Waals surface area contributed by atoms with Gasteiger partial charge in [-0.15, -0.1) is 0 Å². The van der Waals surface area contributed by atoms with Crippen molar-refractivity contribution < 1.29 is 13.2 Å². The predicted molar refractivity (Wildman–Crippen MR) is 89.9 cm³/mol. The highest BCUT2D eigenvalue weighted by Gasteiger charge is 2.26. The van der Waals surface area contributed by atoms with Crippen molar-refractivity contribution in [1.29, 1.82) is 0 Å². The first-order chi connectivity index (χ1) is 10.8. The van der Waals surface area contributed by atoms with E-state index in [0.717, 1.165) is 5.56 Å². The lowest BCUT2D eigenvalue weighted by atomic mass is 10.1. The van der Waals surface area contributed by atoms with E-state index in [1.54, 1.807) is 24.3 Å². The van der Waals surface area contributed by atoms with Crippen molar-refractivity contribution >= 4 is 39.1 Å². The summed E-state index contributed by atoms with van der Waals surface area (Å²) < 4.78 is 27.2. The highest BCUT2D eigenvalue weighted by molar-refractivity contribution is 7.89. The molecular formula is C15H14Cl2N2O3S. The van der Waals surface area contributed by atoms with Crippen LogP contribution >= 0.6 is 23.2 Å². The molecule has 23 heavy (non-hydrogen) atoms. The van der Waals surface area contributed by atoms with Gasteiger partial charge in [-0.05, 0) is 30.2 Å². The van der Waals surface area contributed by atoms with Gasteiger partial charge in [0.05, 0.1) is 5.02 Å². The van der Waals surface area contributed by atoms with E-state index in [1.807, 2.05) is 6.07 Å². The van der Waals surface area contributed by atoms with Crippen LogP contribution in [0.25, 0.3) is 0 Å². The lowest BCUT2D eigenvalue weighted by Gasteiger charge is -2.16. The molecule has 0 bridgehead atoms. The molecule has 1 amide bonds. The average Bonchev–Trinajstić information content (AvgIpc) is 2.49. The normalized spacial score (nSPS) is 12.8. The number of nitrogens with two attached hydrogens (primary N) is 1. The molecule has 0 aliphatic heterocycles. The Balaban J connectivity index is 2.28. The number of nitrogens with one attached hydrogen (secondary N) is 1. The molecule has 0 unspecified atom stereocenters. The summed E-state index contributed by atoms with van der Waals surface area (Å²) in [5.74, 6) is -0.782. The third-order valence-corrected chi connectivity index (χ3v) is 5.29. The van der Waals surface area contributed by atoms with E-state index < -0.39 is 22.0 Å². The van der Waals surface area contributed by atoms with Crippen LogP contribution in [0.1, 0.15) is 5.56 Å². The molecule has 122 valence electrons. The van der Waals surface area contributed by atoms with Crippen LogP contribution in [0.5, 0.6) is 0 Å². The number of benzene rings is 2. The summed E-state index contributed by atoms with van der Waals surface area (Å²) in [6.07, 6.45) is 0.133. The standard InChI is InChI=1S/C15H14Cl2N2O3S/c16-11-6-7-12(17)14(9-11)23(21,22)19-13(15(18)20)8-10-4-2-1-3-5-10/h1-7,9,13,19H,8H2,(H2,18,20)/t13-/m0/s1. The molecule has 8 heteroatoms. The fraction of sp³-hybridized carbons (Fsp3) is 0.133. The Hall–Kier alpha value is -1.60. The predicted octanol–water partition coefficient (Wildman–Crippen LogP) is 2.37. The van der Waals surface area contributed by atoms with Gasteiger partial charge in [0.1, 0.15) is 10.9 Å². The SMILES string of the molecule is NC(=O)[C@H](Cc1ccccc1)NS(=O)(=O)c1cc(Cl)ccc1Cl. The highest BCUT2D eigenvalue weighted by atomic mass is 35.5. The molecule has 0 radical (unpaired) electrons. The first kappa shape index (κ1) is 17.7. The first-order valence-corrected chi connectivity index (χ1v) is 8.84. The van der Waals surface area contributed by atoms with E-state index in [9.17, 15) is 13.2 Å². The van der Waals surface area contributed by atoms with Crippen molar-refractivity contribution in [3.63, 3.8) is 0 Å². The number of rotatable bonds is 6. The Kier molecular flexibility index (Phi) is 5.64. The van der Waals surface area contributed by atoms with Crippen LogP contribution in [0.2, 0.25) is 10.0 Å². The summed E-state index contributed by atoms with van der Waals surface area (Å²) in [4.78, 5) is 11.4. The van der Waals surface area contributed by atoms with Gasteiger partial charge in [-0.1, -0.05) is 53.5 Å². The topological polar surface area (TPSA) is 89.3 Å². The molecular weight excluding hydrogens is 359 g/mol. The van der Waals surface area contributed by atoms with Gasteiger partial charge in [0.2, 0.25) is 15.9 Å². The van der Waals surface area contributed by atoms with Crippen LogP contribution in [0.3, 0.4) is 0 Å². The lowest BCUT2D eigenvalue weighted by Crippen LogP contribution is -2.45. The van der Waals surface area contributed by atoms with Gasteiger partial charge in [-0.2, -0.15) is 4.72 Å². The molecule has 0 spiro atoms. The molecule has 2 aromatic carbocycles. The minimum Gasteiger partial charge on any atom is -0.368 e. The van der Waals surface area contributed by atoms with E-state index in [4.69, 9.17) is 28.9 Å². The zero-order chi connectivity index (χ0) is 17.0. The van der Waals surface area contributed by atoms with E-state index in [0.29, 0.717) is 0 Å². The summed E-state index contributed by atoms with van der Waals surface area (Å²) in [5, 5.41) is 0.221. The van der Waals surface area contributed by atoms with Gasteiger partial charge in [-0.25, -0.2) is 8.42 Å². The molecule has 5 nitrogen and oxygen atoms in total. The zero-order valence-electron chi connectivity index (χ0n) is 11.9. The van der Waals surface area contributed by atoms with Crippen LogP contribution in [0, 0.1) is 0 Å². The molecule has 0 fully saturated rings. The summed E-state index contributed by atoms with van der Waals surface area (Å²) in [7, 11) is -4.05. The van der Waals surface area contributed by atoms with Crippen molar-refractivity contribution in [2.24, 2.45) is 5.73 Å². The van der Waals surface area contributed by atoms with Gasteiger partial charge in [0, 0.05) is 5.02 Å². The molecule has 0 aliphatic rings. The molecule has 2 aromatic rings. The van der Waals surface area contributed by atoms with Crippen molar-refractivity contribution in [3.8, 4) is 0 Å². The third kappa shape index (κ3) is 4.68. The zero-order valence-corrected chi connectivity index (χ0v) is 14.2. The van der Waals surface area contributed by atoms with E-state index >= 15 is 0 Å². The summed E-state index contributed by atoms with van der Waals surface area (Å²) in [5.41, 5.74) is 6.09. The number of hydrogen-bond acceptors (Lipinski definition) is 3. The molecule has 0 saturated carbocycles. The third-order valence-electron chi connectivity index (χ3n) is 3.11. The second kappa shape index (κ2) is 7.31. The maximum Gasteiger partial charge on any atom is 0.242 e. The first-order valence-electron chi connectivity index (χ1n) is 6.60. The quantitative estimate of drug-likeness (QED) is 0.815.